The van der Waals surface area contributed by atoms with E-state index in [2.05, 4.69) is 0 Å². The summed E-state index contributed by atoms with van der Waals surface area (Å²) in [6, 6.07) is 9.53. The second-order valence-corrected chi connectivity index (χ2v) is 14.1. The molecule has 0 amide bonds. The quantitative estimate of drug-likeness (QED) is 0.0306. The topological polar surface area (TPSA) is 246 Å². The van der Waals surface area contributed by atoms with Crippen LogP contribution in [0.25, 0.3) is 0 Å². The van der Waals surface area contributed by atoms with Crippen LogP contribution in [0.4, 0.5) is 0 Å². The summed E-state index contributed by atoms with van der Waals surface area (Å²) >= 11 is 0. The molecule has 17 nitrogen and oxygen atoms in total. The summed E-state index contributed by atoms with van der Waals surface area (Å²) in [4.78, 5) is 35.7. The zero-order valence-corrected chi connectivity index (χ0v) is 32.6. The van der Waals surface area contributed by atoms with Crippen molar-refractivity contribution < 1.29 is 82.9 Å². The van der Waals surface area contributed by atoms with Crippen molar-refractivity contribution in [2.75, 3.05) is 119 Å². The zero-order chi connectivity index (χ0) is 41.1. The molecule has 0 heterocycles. The molecule has 6 N–H and O–H groups in total. The molecule has 0 saturated heterocycles. The van der Waals surface area contributed by atoms with Crippen LogP contribution in [0.1, 0.15) is 45.6 Å². The van der Waals surface area contributed by atoms with Gasteiger partial charge < -0.3 is 68.5 Å². The summed E-state index contributed by atoms with van der Waals surface area (Å²) < 4.78 is 45.7. The summed E-state index contributed by atoms with van der Waals surface area (Å²) in [5, 5.41) is 61.2. The standard InChI is InChI=1S/C38H64O17/c1-4-32(45)53-28-35(15-39,16-40)21-50-25-38(24-49-13-12-48-14-31-10-8-7-9-11-31,26-51-22-36(17-41,18-42)29-54-33(46)5-2)27-52-23-37(19-43,20-44)30-55-34(47)6-3/h7-11,39-44H,4-6,12-30H2,1-3H3. The van der Waals surface area contributed by atoms with E-state index in [1.54, 1.807) is 20.8 Å². The lowest BCUT2D eigenvalue weighted by atomic mass is 9.89. The normalized spacial score (nSPS) is 12.5. The minimum Gasteiger partial charge on any atom is -0.465 e. The second-order valence-electron chi connectivity index (χ2n) is 14.1. The van der Waals surface area contributed by atoms with Gasteiger partial charge in [0.05, 0.1) is 127 Å². The van der Waals surface area contributed by atoms with Gasteiger partial charge in [-0.3, -0.25) is 14.4 Å². The number of aliphatic hydroxyl groups excluding tert-OH is 6. The number of carbonyl (C=O) groups is 3. The number of carbonyl (C=O) groups excluding carboxylic acids is 3. The molecular weight excluding hydrogens is 728 g/mol. The number of rotatable bonds is 34. The summed E-state index contributed by atoms with van der Waals surface area (Å²) in [6.45, 7) is -0.666. The Balaban J connectivity index is 3.37. The highest BCUT2D eigenvalue weighted by Crippen LogP contribution is 2.28. The van der Waals surface area contributed by atoms with Crippen LogP contribution >= 0.6 is 0 Å². The van der Waals surface area contributed by atoms with E-state index in [-0.39, 0.29) is 98.5 Å². The minimum atomic E-state index is -1.37. The van der Waals surface area contributed by atoms with Crippen LogP contribution in [0.2, 0.25) is 0 Å². The smallest absolute Gasteiger partial charge is 0.305 e. The Kier molecular flexibility index (Phi) is 25.3. The molecule has 17 heteroatoms. The molecule has 0 unspecified atom stereocenters. The van der Waals surface area contributed by atoms with Gasteiger partial charge in [0.25, 0.3) is 0 Å². The van der Waals surface area contributed by atoms with E-state index < -0.39 is 79.2 Å². The van der Waals surface area contributed by atoms with Crippen molar-refractivity contribution in [3.05, 3.63) is 35.9 Å². The molecule has 0 aliphatic heterocycles. The Morgan fingerprint density at radius 3 is 1.07 bits per heavy atom. The van der Waals surface area contributed by atoms with E-state index in [0.717, 1.165) is 5.56 Å². The van der Waals surface area contributed by atoms with Gasteiger partial charge in [-0.1, -0.05) is 51.1 Å². The number of hydrogen-bond acceptors (Lipinski definition) is 17. The predicted octanol–water partition coefficient (Wildman–Crippen LogP) is 0.0286. The average molecular weight is 793 g/mol. The number of benzene rings is 1. The molecule has 1 rings (SSSR count). The van der Waals surface area contributed by atoms with E-state index >= 15 is 0 Å². The van der Waals surface area contributed by atoms with Crippen molar-refractivity contribution >= 4 is 17.9 Å². The van der Waals surface area contributed by atoms with Crippen molar-refractivity contribution in [3.63, 3.8) is 0 Å². The lowest BCUT2D eigenvalue weighted by Crippen LogP contribution is -2.48. The molecule has 0 atom stereocenters. The van der Waals surface area contributed by atoms with Gasteiger partial charge in [-0.15, -0.1) is 0 Å². The summed E-state index contributed by atoms with van der Waals surface area (Å²) in [6.07, 6.45) is 0.249. The number of hydrogen-bond donors (Lipinski definition) is 6. The lowest BCUT2D eigenvalue weighted by Gasteiger charge is -2.38. The third-order valence-corrected chi connectivity index (χ3v) is 8.84. The number of ether oxygens (including phenoxy) is 8. The van der Waals surface area contributed by atoms with E-state index in [1.165, 1.54) is 0 Å². The molecule has 0 aromatic heterocycles. The van der Waals surface area contributed by atoms with Crippen LogP contribution < -0.4 is 0 Å². The first-order chi connectivity index (χ1) is 26.4. The van der Waals surface area contributed by atoms with Gasteiger partial charge in [-0.25, -0.2) is 0 Å². The van der Waals surface area contributed by atoms with Gasteiger partial charge in [-0.05, 0) is 5.56 Å². The molecule has 0 spiro atoms. The Labute approximate surface area is 323 Å². The molecule has 55 heavy (non-hydrogen) atoms. The average Bonchev–Trinajstić information content (AvgIpc) is 3.23. The molecule has 0 aliphatic rings. The molecule has 318 valence electrons. The van der Waals surface area contributed by atoms with Crippen molar-refractivity contribution in [2.24, 2.45) is 21.7 Å². The molecule has 0 fully saturated rings. The Bertz CT molecular complexity index is 1070. The summed E-state index contributed by atoms with van der Waals surface area (Å²) in [5.41, 5.74) is -4.38. The van der Waals surface area contributed by atoms with Crippen molar-refractivity contribution in [1.29, 1.82) is 0 Å². The molecule has 0 radical (unpaired) electrons. The van der Waals surface area contributed by atoms with Crippen LogP contribution in [-0.4, -0.2) is 167 Å². The fourth-order valence-electron chi connectivity index (χ4n) is 4.70. The third kappa shape index (κ3) is 18.8. The van der Waals surface area contributed by atoms with Crippen molar-refractivity contribution in [3.8, 4) is 0 Å². The van der Waals surface area contributed by atoms with E-state index in [4.69, 9.17) is 37.9 Å². The third-order valence-electron chi connectivity index (χ3n) is 8.84. The lowest BCUT2D eigenvalue weighted by molar-refractivity contribution is -0.167. The Hall–Kier alpha value is -2.81. The number of aliphatic hydroxyl groups is 6. The van der Waals surface area contributed by atoms with Gasteiger partial charge in [0.15, 0.2) is 0 Å². The molecule has 1 aromatic rings. The maximum Gasteiger partial charge on any atom is 0.305 e. The fraction of sp³-hybridized carbons (Fsp3) is 0.763. The summed E-state index contributed by atoms with van der Waals surface area (Å²) in [7, 11) is 0. The highest BCUT2D eigenvalue weighted by molar-refractivity contribution is 5.69. The van der Waals surface area contributed by atoms with Gasteiger partial charge >= 0.3 is 17.9 Å². The minimum absolute atomic E-state index is 0.0830. The first kappa shape index (κ1) is 50.2. The van der Waals surface area contributed by atoms with Crippen molar-refractivity contribution in [1.82, 2.24) is 0 Å². The molecule has 0 aliphatic carbocycles. The molecule has 0 bridgehead atoms. The monoisotopic (exact) mass is 792 g/mol. The van der Waals surface area contributed by atoms with Crippen LogP contribution in [-0.2, 0) is 58.9 Å². The number of esters is 3. The van der Waals surface area contributed by atoms with Crippen LogP contribution in [0.5, 0.6) is 0 Å². The second kappa shape index (κ2) is 27.7. The SMILES string of the molecule is CCC(=O)OCC(CO)(CO)COCC(COCCOCc1ccccc1)(COCC(CO)(CO)COC(=O)CC)COCC(CO)(CO)COC(=O)CC. The van der Waals surface area contributed by atoms with Crippen LogP contribution in [0, 0.1) is 21.7 Å². The van der Waals surface area contributed by atoms with Crippen LogP contribution in [0.3, 0.4) is 0 Å². The van der Waals surface area contributed by atoms with Crippen LogP contribution in [0.15, 0.2) is 30.3 Å². The van der Waals surface area contributed by atoms with E-state index in [0.29, 0.717) is 6.61 Å². The fourth-order valence-corrected chi connectivity index (χ4v) is 4.70. The van der Waals surface area contributed by atoms with Gasteiger partial charge in [0.1, 0.15) is 19.8 Å². The summed E-state index contributed by atoms with van der Waals surface area (Å²) in [5.74, 6) is -1.61. The molecule has 1 aromatic carbocycles. The Morgan fingerprint density at radius 2 is 0.745 bits per heavy atom. The van der Waals surface area contributed by atoms with E-state index in [1.807, 2.05) is 30.3 Å². The zero-order valence-electron chi connectivity index (χ0n) is 32.6. The predicted molar refractivity (Wildman–Crippen MR) is 195 cm³/mol. The largest absolute Gasteiger partial charge is 0.465 e. The highest BCUT2D eigenvalue weighted by atomic mass is 16.6. The van der Waals surface area contributed by atoms with Gasteiger partial charge in [0, 0.05) is 19.3 Å². The maximum absolute atomic E-state index is 11.9. The molecule has 0 saturated carbocycles. The Morgan fingerprint density at radius 1 is 0.436 bits per heavy atom. The first-order valence-corrected chi connectivity index (χ1v) is 18.5. The maximum atomic E-state index is 11.9. The van der Waals surface area contributed by atoms with Gasteiger partial charge in [0.2, 0.25) is 0 Å². The first-order valence-electron chi connectivity index (χ1n) is 18.5. The van der Waals surface area contributed by atoms with Gasteiger partial charge in [-0.2, -0.15) is 0 Å². The highest BCUT2D eigenvalue weighted by Gasteiger charge is 2.40. The van der Waals surface area contributed by atoms with E-state index in [9.17, 15) is 45.0 Å². The molecular formula is C38H64O17. The van der Waals surface area contributed by atoms with Crippen molar-refractivity contribution in [2.45, 2.75) is 46.6 Å².